The molecule has 0 fully saturated rings. The maximum atomic E-state index is 13.1. The van der Waals surface area contributed by atoms with E-state index < -0.39 is 0 Å². The van der Waals surface area contributed by atoms with Crippen LogP contribution < -0.4 is 15.0 Å². The summed E-state index contributed by atoms with van der Waals surface area (Å²) in [4.78, 5) is 27.4. The molecule has 0 atom stereocenters. The van der Waals surface area contributed by atoms with Crippen molar-refractivity contribution in [3.05, 3.63) is 95.6 Å². The van der Waals surface area contributed by atoms with Crippen LogP contribution in [-0.2, 0) is 6.42 Å². The summed E-state index contributed by atoms with van der Waals surface area (Å²) in [5, 5.41) is 2.96. The molecular formula is C28H32N2O3. The van der Waals surface area contributed by atoms with Crippen LogP contribution in [0.25, 0.3) is 0 Å². The van der Waals surface area contributed by atoms with Gasteiger partial charge in [-0.05, 0) is 60.7 Å². The molecule has 0 aromatic heterocycles. The van der Waals surface area contributed by atoms with Gasteiger partial charge in [-0.3, -0.25) is 9.59 Å². The molecule has 5 heteroatoms. The first kappa shape index (κ1) is 24.1. The predicted molar refractivity (Wildman–Crippen MR) is 133 cm³/mol. The summed E-state index contributed by atoms with van der Waals surface area (Å²) in [6.07, 6.45) is 1.72. The molecule has 3 aromatic carbocycles. The van der Waals surface area contributed by atoms with Gasteiger partial charge in [0.25, 0.3) is 11.8 Å². The zero-order valence-corrected chi connectivity index (χ0v) is 19.6. The number of ether oxygens (including phenoxy) is 1. The molecular weight excluding hydrogens is 412 g/mol. The Morgan fingerprint density at radius 3 is 2.27 bits per heavy atom. The maximum absolute atomic E-state index is 13.1. The molecule has 0 aliphatic heterocycles. The molecule has 0 aliphatic rings. The first-order chi connectivity index (χ1) is 16.0. The van der Waals surface area contributed by atoms with Gasteiger partial charge in [0.2, 0.25) is 0 Å². The molecule has 33 heavy (non-hydrogen) atoms. The number of amides is 2. The van der Waals surface area contributed by atoms with Crippen molar-refractivity contribution in [2.45, 2.75) is 26.7 Å². The molecule has 0 heterocycles. The Balaban J connectivity index is 1.64. The lowest BCUT2D eigenvalue weighted by Crippen LogP contribution is -2.31. The van der Waals surface area contributed by atoms with E-state index in [0.717, 1.165) is 24.2 Å². The molecule has 1 N–H and O–H groups in total. The van der Waals surface area contributed by atoms with Crippen LogP contribution in [0.1, 0.15) is 46.5 Å². The quantitative estimate of drug-likeness (QED) is 0.458. The van der Waals surface area contributed by atoms with Gasteiger partial charge >= 0.3 is 0 Å². The lowest BCUT2D eigenvalue weighted by atomic mass is 10.1. The predicted octanol–water partition coefficient (Wildman–Crippen LogP) is 5.36. The first-order valence-electron chi connectivity index (χ1n) is 11.4. The van der Waals surface area contributed by atoms with E-state index in [0.29, 0.717) is 35.9 Å². The third kappa shape index (κ3) is 6.94. The average molecular weight is 445 g/mol. The van der Waals surface area contributed by atoms with Gasteiger partial charge < -0.3 is 15.0 Å². The third-order valence-corrected chi connectivity index (χ3v) is 5.42. The number of carbonyl (C=O) groups is 2. The van der Waals surface area contributed by atoms with Crippen molar-refractivity contribution in [1.82, 2.24) is 5.32 Å². The number of benzene rings is 3. The van der Waals surface area contributed by atoms with E-state index in [1.54, 1.807) is 37.4 Å². The van der Waals surface area contributed by atoms with Gasteiger partial charge in [-0.25, -0.2) is 0 Å². The Labute approximate surface area is 196 Å². The fraction of sp³-hybridized carbons (Fsp3) is 0.286. The van der Waals surface area contributed by atoms with Crippen LogP contribution >= 0.6 is 0 Å². The van der Waals surface area contributed by atoms with Gasteiger partial charge in [-0.1, -0.05) is 56.3 Å². The second-order valence-electron chi connectivity index (χ2n) is 8.43. The maximum Gasteiger partial charge on any atom is 0.258 e. The van der Waals surface area contributed by atoms with Crippen molar-refractivity contribution in [3.8, 4) is 5.75 Å². The fourth-order valence-corrected chi connectivity index (χ4v) is 3.43. The summed E-state index contributed by atoms with van der Waals surface area (Å²) in [7, 11) is 1.69. The average Bonchev–Trinajstić information content (AvgIpc) is 2.84. The topological polar surface area (TPSA) is 58.6 Å². The normalized spacial score (nSPS) is 10.7. The van der Waals surface area contributed by atoms with Crippen LogP contribution in [0.4, 0.5) is 5.69 Å². The van der Waals surface area contributed by atoms with Crippen LogP contribution in [0.3, 0.4) is 0 Å². The molecule has 2 amide bonds. The highest BCUT2D eigenvalue weighted by atomic mass is 16.5. The first-order valence-corrected chi connectivity index (χ1v) is 11.4. The fourth-order valence-electron chi connectivity index (χ4n) is 3.43. The van der Waals surface area contributed by atoms with Crippen molar-refractivity contribution < 1.29 is 14.3 Å². The summed E-state index contributed by atoms with van der Waals surface area (Å²) in [5.41, 5.74) is 2.73. The standard InChI is InChI=1S/C28H32N2O3/c1-21(2)18-20-33-24-15-13-23(14-16-24)28(32)30(3)26-12-8-7-11-25(26)27(31)29-19-17-22-9-5-4-6-10-22/h4-16,21H,17-20H2,1-3H3,(H,29,31). The van der Waals surface area contributed by atoms with E-state index in [1.807, 2.05) is 48.5 Å². The highest BCUT2D eigenvalue weighted by molar-refractivity contribution is 6.10. The summed E-state index contributed by atoms with van der Waals surface area (Å²) in [6, 6.07) is 24.3. The number of nitrogens with one attached hydrogen (secondary N) is 1. The molecule has 172 valence electrons. The van der Waals surface area contributed by atoms with E-state index in [4.69, 9.17) is 4.74 Å². The highest BCUT2D eigenvalue weighted by Gasteiger charge is 2.19. The molecule has 3 rings (SSSR count). The Hall–Kier alpha value is -3.60. The second-order valence-corrected chi connectivity index (χ2v) is 8.43. The molecule has 5 nitrogen and oxygen atoms in total. The highest BCUT2D eigenvalue weighted by Crippen LogP contribution is 2.22. The van der Waals surface area contributed by atoms with E-state index in [2.05, 4.69) is 19.2 Å². The molecule has 3 aromatic rings. The van der Waals surface area contributed by atoms with Gasteiger partial charge in [-0.2, -0.15) is 0 Å². The Morgan fingerprint density at radius 1 is 0.909 bits per heavy atom. The number of para-hydroxylation sites is 1. The van der Waals surface area contributed by atoms with E-state index in [1.165, 1.54) is 4.90 Å². The van der Waals surface area contributed by atoms with Gasteiger partial charge in [0.1, 0.15) is 5.75 Å². The number of hydrogen-bond acceptors (Lipinski definition) is 3. The third-order valence-electron chi connectivity index (χ3n) is 5.42. The molecule has 0 aliphatic carbocycles. The molecule has 0 spiro atoms. The largest absolute Gasteiger partial charge is 0.494 e. The van der Waals surface area contributed by atoms with Crippen LogP contribution in [-0.4, -0.2) is 32.0 Å². The Morgan fingerprint density at radius 2 is 1.58 bits per heavy atom. The summed E-state index contributed by atoms with van der Waals surface area (Å²) >= 11 is 0. The van der Waals surface area contributed by atoms with Crippen LogP contribution in [0.2, 0.25) is 0 Å². The summed E-state index contributed by atoms with van der Waals surface area (Å²) < 4.78 is 5.74. The Kier molecular flexibility index (Phi) is 8.64. The molecule has 0 radical (unpaired) electrons. The minimum absolute atomic E-state index is 0.187. The van der Waals surface area contributed by atoms with Crippen LogP contribution in [0, 0.1) is 5.92 Å². The second kappa shape index (κ2) is 11.9. The number of hydrogen-bond donors (Lipinski definition) is 1. The minimum Gasteiger partial charge on any atom is -0.494 e. The monoisotopic (exact) mass is 444 g/mol. The SMILES string of the molecule is CC(C)CCOc1ccc(C(=O)N(C)c2ccccc2C(=O)NCCc2ccccc2)cc1. The smallest absolute Gasteiger partial charge is 0.258 e. The van der Waals surface area contributed by atoms with Crippen molar-refractivity contribution in [2.24, 2.45) is 5.92 Å². The van der Waals surface area contributed by atoms with Crippen molar-refractivity contribution in [2.75, 3.05) is 25.1 Å². The molecule has 0 unspecified atom stereocenters. The molecule has 0 saturated heterocycles. The Bertz CT molecular complexity index is 1050. The van der Waals surface area contributed by atoms with Gasteiger partial charge in [0, 0.05) is 19.2 Å². The summed E-state index contributed by atoms with van der Waals surface area (Å²) in [5.74, 6) is 0.937. The number of nitrogens with zero attached hydrogens (tertiary/aromatic N) is 1. The van der Waals surface area contributed by atoms with Gasteiger partial charge in [0.15, 0.2) is 0 Å². The van der Waals surface area contributed by atoms with Crippen molar-refractivity contribution in [3.63, 3.8) is 0 Å². The van der Waals surface area contributed by atoms with Gasteiger partial charge in [0.05, 0.1) is 17.9 Å². The van der Waals surface area contributed by atoms with Crippen LogP contribution in [0.5, 0.6) is 5.75 Å². The van der Waals surface area contributed by atoms with Gasteiger partial charge in [-0.15, -0.1) is 0 Å². The zero-order chi connectivity index (χ0) is 23.6. The number of carbonyl (C=O) groups excluding carboxylic acids is 2. The lowest BCUT2D eigenvalue weighted by molar-refractivity contribution is 0.0954. The van der Waals surface area contributed by atoms with Crippen molar-refractivity contribution in [1.29, 1.82) is 0 Å². The number of rotatable bonds is 10. The van der Waals surface area contributed by atoms with Crippen molar-refractivity contribution >= 4 is 17.5 Å². The molecule has 0 saturated carbocycles. The number of anilines is 1. The van der Waals surface area contributed by atoms with E-state index >= 15 is 0 Å². The zero-order valence-electron chi connectivity index (χ0n) is 19.6. The summed E-state index contributed by atoms with van der Waals surface area (Å²) in [6.45, 7) is 5.48. The van der Waals surface area contributed by atoms with E-state index in [-0.39, 0.29) is 11.8 Å². The molecule has 0 bridgehead atoms. The minimum atomic E-state index is -0.199. The van der Waals surface area contributed by atoms with E-state index in [9.17, 15) is 9.59 Å². The lowest BCUT2D eigenvalue weighted by Gasteiger charge is -2.21. The van der Waals surface area contributed by atoms with Crippen LogP contribution in [0.15, 0.2) is 78.9 Å².